The van der Waals surface area contributed by atoms with Crippen molar-refractivity contribution in [2.75, 3.05) is 5.01 Å². The number of anilines is 1. The molecule has 4 rings (SSSR count). The lowest BCUT2D eigenvalue weighted by molar-refractivity contribution is -0.137. The fourth-order valence-corrected chi connectivity index (χ4v) is 3.94. The number of halogens is 3. The van der Waals surface area contributed by atoms with Gasteiger partial charge in [-0.15, -0.1) is 0 Å². The van der Waals surface area contributed by atoms with Crippen LogP contribution in [0.15, 0.2) is 24.3 Å². The number of carbonyl (C=O) groups is 2. The summed E-state index contributed by atoms with van der Waals surface area (Å²) in [5.41, 5.74) is 1.61. The van der Waals surface area contributed by atoms with Crippen molar-refractivity contribution in [2.45, 2.75) is 37.5 Å². The molecule has 1 aliphatic carbocycles. The number of urea groups is 1. The van der Waals surface area contributed by atoms with Crippen molar-refractivity contribution in [3.63, 3.8) is 0 Å². The van der Waals surface area contributed by atoms with Gasteiger partial charge in [0.15, 0.2) is 0 Å². The number of rotatable bonds is 1. The number of hydrazine groups is 1. The van der Waals surface area contributed by atoms with Crippen LogP contribution in [0.1, 0.15) is 24.8 Å². The van der Waals surface area contributed by atoms with E-state index >= 15 is 0 Å². The minimum Gasteiger partial charge on any atom is -0.308 e. The van der Waals surface area contributed by atoms with Crippen molar-refractivity contribution in [3.05, 3.63) is 29.8 Å². The molecule has 5 nitrogen and oxygen atoms in total. The van der Waals surface area contributed by atoms with Gasteiger partial charge in [-0.25, -0.2) is 9.80 Å². The van der Waals surface area contributed by atoms with Gasteiger partial charge in [0.25, 0.3) is 5.91 Å². The van der Waals surface area contributed by atoms with Crippen molar-refractivity contribution in [2.24, 2.45) is 5.92 Å². The van der Waals surface area contributed by atoms with Crippen molar-refractivity contribution in [1.29, 1.82) is 0 Å². The van der Waals surface area contributed by atoms with Crippen molar-refractivity contribution >= 4 is 17.6 Å². The second-order valence-electron chi connectivity index (χ2n) is 6.22. The molecule has 23 heavy (non-hydrogen) atoms. The molecule has 0 radical (unpaired) electrons. The summed E-state index contributed by atoms with van der Waals surface area (Å²) in [5.74, 6) is -0.165. The van der Waals surface area contributed by atoms with Crippen molar-refractivity contribution in [3.8, 4) is 0 Å². The van der Waals surface area contributed by atoms with Gasteiger partial charge in [0, 0.05) is 6.04 Å². The van der Waals surface area contributed by atoms with E-state index in [4.69, 9.17) is 0 Å². The Morgan fingerprint density at radius 2 is 1.96 bits per heavy atom. The van der Waals surface area contributed by atoms with Crippen LogP contribution in [0.2, 0.25) is 0 Å². The number of alkyl halides is 3. The lowest BCUT2D eigenvalue weighted by atomic mass is 9.97. The largest absolute Gasteiger partial charge is 0.416 e. The number of benzene rings is 1. The van der Waals surface area contributed by atoms with Gasteiger partial charge < -0.3 is 4.90 Å². The number of amides is 3. The summed E-state index contributed by atoms with van der Waals surface area (Å²) >= 11 is 0. The molecular formula is C15H14F3N3O2. The fourth-order valence-electron chi connectivity index (χ4n) is 3.94. The Hall–Kier alpha value is -2.25. The first kappa shape index (κ1) is 14.3. The molecule has 2 saturated heterocycles. The van der Waals surface area contributed by atoms with E-state index in [-0.39, 0.29) is 23.6 Å². The number of nitrogens with zero attached hydrogens (tertiary/aromatic N) is 2. The van der Waals surface area contributed by atoms with Crippen LogP contribution in [0.4, 0.5) is 23.7 Å². The lowest BCUT2D eigenvalue weighted by Crippen LogP contribution is -2.67. The molecule has 3 unspecified atom stereocenters. The zero-order valence-corrected chi connectivity index (χ0v) is 12.0. The maximum Gasteiger partial charge on any atom is 0.416 e. The highest BCUT2D eigenvalue weighted by Gasteiger charge is 2.55. The molecule has 1 N–H and O–H groups in total. The van der Waals surface area contributed by atoms with Crippen molar-refractivity contribution in [1.82, 2.24) is 10.3 Å². The Balaban J connectivity index is 1.68. The molecule has 3 fully saturated rings. The number of fused-ring (bicyclic) bond motifs is 5. The monoisotopic (exact) mass is 325 g/mol. The number of piperidine rings is 1. The minimum absolute atomic E-state index is 0.0110. The first-order chi connectivity index (χ1) is 10.9. The quantitative estimate of drug-likeness (QED) is 0.863. The molecule has 2 bridgehead atoms. The van der Waals surface area contributed by atoms with Gasteiger partial charge in [-0.2, -0.15) is 13.2 Å². The highest BCUT2D eigenvalue weighted by atomic mass is 19.4. The van der Waals surface area contributed by atoms with Gasteiger partial charge in [-0.05, 0) is 43.4 Å². The predicted molar refractivity (Wildman–Crippen MR) is 74.2 cm³/mol. The predicted octanol–water partition coefficient (Wildman–Crippen LogP) is 2.53. The van der Waals surface area contributed by atoms with Crippen LogP contribution in [-0.4, -0.2) is 28.9 Å². The van der Waals surface area contributed by atoms with Gasteiger partial charge >= 0.3 is 12.2 Å². The second kappa shape index (κ2) is 4.62. The van der Waals surface area contributed by atoms with Gasteiger partial charge in [-0.1, -0.05) is 6.07 Å². The maximum atomic E-state index is 12.8. The number of carbonyl (C=O) groups excluding carboxylic acids is 2. The molecule has 0 spiro atoms. The molecule has 2 heterocycles. The summed E-state index contributed by atoms with van der Waals surface area (Å²) < 4.78 is 38.5. The second-order valence-corrected chi connectivity index (χ2v) is 6.22. The molecule has 0 aromatic heterocycles. The average Bonchev–Trinajstić information content (AvgIpc) is 3.11. The Bertz CT molecular complexity index is 691. The Morgan fingerprint density at radius 1 is 1.17 bits per heavy atom. The first-order valence-corrected chi connectivity index (χ1v) is 7.46. The van der Waals surface area contributed by atoms with Crippen molar-refractivity contribution < 1.29 is 22.8 Å². The third-order valence-corrected chi connectivity index (χ3v) is 4.92. The third-order valence-electron chi connectivity index (χ3n) is 4.92. The van der Waals surface area contributed by atoms with E-state index in [1.807, 2.05) is 0 Å². The van der Waals surface area contributed by atoms with E-state index in [1.54, 1.807) is 0 Å². The van der Waals surface area contributed by atoms with E-state index in [0.29, 0.717) is 0 Å². The Kier molecular flexibility index (Phi) is 2.88. The minimum atomic E-state index is -4.51. The van der Waals surface area contributed by atoms with Gasteiger partial charge in [0.1, 0.15) is 6.04 Å². The number of nitrogens with one attached hydrogen (secondary N) is 1. The molecular weight excluding hydrogens is 311 g/mol. The molecule has 3 atom stereocenters. The number of hydrogen-bond acceptors (Lipinski definition) is 2. The van der Waals surface area contributed by atoms with E-state index in [2.05, 4.69) is 5.43 Å². The summed E-state index contributed by atoms with van der Waals surface area (Å²) in [6.07, 6.45) is -1.96. The normalized spacial score (nSPS) is 29.8. The van der Waals surface area contributed by atoms with Crippen LogP contribution in [0.3, 0.4) is 0 Å². The Labute approximate surface area is 130 Å². The molecule has 1 aromatic carbocycles. The summed E-state index contributed by atoms with van der Waals surface area (Å²) in [4.78, 5) is 26.5. The smallest absolute Gasteiger partial charge is 0.308 e. The first-order valence-electron chi connectivity index (χ1n) is 7.46. The van der Waals surface area contributed by atoms with E-state index in [0.717, 1.165) is 36.4 Å². The van der Waals surface area contributed by atoms with E-state index in [9.17, 15) is 22.8 Å². The van der Waals surface area contributed by atoms with Crippen LogP contribution in [0.25, 0.3) is 0 Å². The molecule has 1 aromatic rings. The van der Waals surface area contributed by atoms with Crippen LogP contribution in [0.5, 0.6) is 0 Å². The van der Waals surface area contributed by atoms with Crippen LogP contribution in [0, 0.1) is 5.92 Å². The van der Waals surface area contributed by atoms with E-state index in [1.165, 1.54) is 17.0 Å². The van der Waals surface area contributed by atoms with Gasteiger partial charge in [-0.3, -0.25) is 10.2 Å². The molecule has 3 aliphatic rings. The SMILES string of the molecule is O=C1NN(c2cccc(C(F)(F)F)c2)C(=O)N2C3CCC(C3)C12. The topological polar surface area (TPSA) is 52.7 Å². The number of hydrogen-bond donors (Lipinski definition) is 1. The summed E-state index contributed by atoms with van der Waals surface area (Å²) in [7, 11) is 0. The average molecular weight is 325 g/mol. The van der Waals surface area contributed by atoms with Gasteiger partial charge in [0.2, 0.25) is 0 Å². The molecule has 8 heteroatoms. The molecule has 3 amide bonds. The standard InChI is InChI=1S/C15H14F3N3O2/c16-15(17,18)9-2-1-3-11(7-9)21-14(23)20-10-5-4-8(6-10)12(20)13(22)19-21/h1-3,7-8,10,12H,4-6H2,(H,19,22). The fraction of sp³-hybridized carbons (Fsp3) is 0.467. The Morgan fingerprint density at radius 3 is 2.70 bits per heavy atom. The summed E-state index contributed by atoms with van der Waals surface area (Å²) in [6, 6.07) is 3.47. The zero-order valence-electron chi connectivity index (χ0n) is 12.0. The summed E-state index contributed by atoms with van der Waals surface area (Å²) in [6.45, 7) is 0. The third kappa shape index (κ3) is 2.08. The van der Waals surface area contributed by atoms with Gasteiger partial charge in [0.05, 0.1) is 11.3 Å². The van der Waals surface area contributed by atoms with Crippen LogP contribution >= 0.6 is 0 Å². The van der Waals surface area contributed by atoms with E-state index < -0.39 is 23.8 Å². The van der Waals surface area contributed by atoms with Crippen LogP contribution in [-0.2, 0) is 11.0 Å². The zero-order chi connectivity index (χ0) is 16.4. The highest BCUT2D eigenvalue weighted by Crippen LogP contribution is 2.44. The highest BCUT2D eigenvalue weighted by molar-refractivity contribution is 6.03. The lowest BCUT2D eigenvalue weighted by Gasteiger charge is -2.42. The summed E-state index contributed by atoms with van der Waals surface area (Å²) in [5, 5.41) is 0.925. The maximum absolute atomic E-state index is 12.8. The van der Waals surface area contributed by atoms with Crippen LogP contribution < -0.4 is 10.4 Å². The molecule has 1 saturated carbocycles. The molecule has 122 valence electrons. The molecule has 2 aliphatic heterocycles.